The molecule has 1 saturated heterocycles. The van der Waals surface area contributed by atoms with Crippen LogP contribution in [0.4, 0.5) is 10.5 Å². The van der Waals surface area contributed by atoms with Crippen molar-refractivity contribution in [2.24, 2.45) is 31.2 Å². The summed E-state index contributed by atoms with van der Waals surface area (Å²) in [6.07, 6.45) is 0.292. The summed E-state index contributed by atoms with van der Waals surface area (Å²) in [7, 11) is 0. The minimum atomic E-state index is -1.35. The van der Waals surface area contributed by atoms with Gasteiger partial charge in [0.2, 0.25) is 0 Å². The van der Waals surface area contributed by atoms with Gasteiger partial charge in [0.25, 0.3) is 5.96 Å². The summed E-state index contributed by atoms with van der Waals surface area (Å²) in [6, 6.07) is 8.17. The fourth-order valence-corrected chi connectivity index (χ4v) is 5.04. The second-order valence-electron chi connectivity index (χ2n) is 8.96. The first kappa shape index (κ1) is 24.1. The molecule has 5 atom stereocenters. The highest BCUT2D eigenvalue weighted by Crippen LogP contribution is 2.44. The van der Waals surface area contributed by atoms with Gasteiger partial charge in [-0.15, -0.1) is 0 Å². The number of guanidine groups is 1. The lowest BCUT2D eigenvalue weighted by atomic mass is 9.80. The van der Waals surface area contributed by atoms with Gasteiger partial charge in [-0.05, 0) is 30.9 Å². The number of hydrogen-bond acceptors (Lipinski definition) is 11. The molecule has 4 aliphatic rings. The van der Waals surface area contributed by atoms with Crippen molar-refractivity contribution in [1.29, 1.82) is 5.41 Å². The Morgan fingerprint density at radius 2 is 1.94 bits per heavy atom. The number of ether oxygens (including phenoxy) is 1. The van der Waals surface area contributed by atoms with Crippen molar-refractivity contribution in [2.75, 3.05) is 11.9 Å². The summed E-state index contributed by atoms with van der Waals surface area (Å²) in [4.78, 5) is 26.8. The molecular formula is C22H27N9O5. The topological polar surface area (TPSA) is 200 Å². The van der Waals surface area contributed by atoms with Crippen molar-refractivity contribution in [3.63, 3.8) is 0 Å². The van der Waals surface area contributed by atoms with E-state index in [0.29, 0.717) is 5.69 Å². The van der Waals surface area contributed by atoms with Crippen molar-refractivity contribution < 1.29 is 24.9 Å². The lowest BCUT2D eigenvalue weighted by Gasteiger charge is -2.37. The van der Waals surface area contributed by atoms with E-state index in [9.17, 15) is 20.1 Å². The van der Waals surface area contributed by atoms with E-state index in [1.807, 2.05) is 6.07 Å². The predicted molar refractivity (Wildman–Crippen MR) is 129 cm³/mol. The highest BCUT2D eigenvalue weighted by atomic mass is 16.6. The first-order valence-electron chi connectivity index (χ1n) is 11.7. The number of anilines is 1. The largest absolute Gasteiger partial charge is 0.394 e. The summed E-state index contributed by atoms with van der Waals surface area (Å²) in [5.41, 5.74) is 1.62. The minimum Gasteiger partial charge on any atom is -0.394 e. The summed E-state index contributed by atoms with van der Waals surface area (Å²) in [5.74, 6) is -0.0514. The molecule has 3 aliphatic heterocycles. The van der Waals surface area contributed by atoms with E-state index in [1.54, 1.807) is 24.3 Å². The molecule has 3 heterocycles. The molecule has 2 fully saturated rings. The maximum Gasteiger partial charge on any atom is 0.341 e. The number of rotatable bonds is 5. The average molecular weight is 498 g/mol. The summed E-state index contributed by atoms with van der Waals surface area (Å²) in [5, 5.41) is 49.2. The fourth-order valence-electron chi connectivity index (χ4n) is 5.04. The minimum absolute atomic E-state index is 0.0425. The van der Waals surface area contributed by atoms with Gasteiger partial charge in [-0.1, -0.05) is 41.4 Å². The predicted octanol–water partition coefficient (Wildman–Crippen LogP) is 0.633. The standard InChI is InChI=1S/C22H27N9O5/c23-18-22(12-6-4-5-7-12)19(31(11-24-22)17-16(34)15(33)14(10-32)36-17)27-20(26-18)28-30-29-21(35)25-13-8-2-1-3-9-13/h1-3,8-9,11-12,14-17,32-34H,4-7,10H2,(H3,23,25,26,28,29,35)/t14-,15-,16-,17-,22?/m1/s1. The van der Waals surface area contributed by atoms with Crippen molar-refractivity contribution in [3.05, 3.63) is 30.3 Å². The molecule has 5 rings (SSSR count). The molecule has 36 heavy (non-hydrogen) atoms. The number of hydrogen-bond donors (Lipinski definition) is 6. The third kappa shape index (κ3) is 4.17. The summed E-state index contributed by atoms with van der Waals surface area (Å²) >= 11 is 0. The Hall–Kier alpha value is -3.59. The number of nitrogens with zero attached hydrogens (tertiary/aromatic N) is 6. The number of aliphatic hydroxyl groups excluding tert-OH is 3. The number of fused-ring (bicyclic) bond motifs is 1. The number of carbonyl (C=O) groups is 1. The number of amides is 2. The summed E-state index contributed by atoms with van der Waals surface area (Å²) < 4.78 is 5.69. The molecule has 0 radical (unpaired) electrons. The number of carbonyl (C=O) groups excluding carboxylic acids is 1. The van der Waals surface area contributed by atoms with Crippen LogP contribution in [-0.4, -0.2) is 86.9 Å². The van der Waals surface area contributed by atoms with Crippen LogP contribution in [0.15, 0.2) is 55.6 Å². The second kappa shape index (κ2) is 9.81. The molecule has 190 valence electrons. The smallest absolute Gasteiger partial charge is 0.341 e. The van der Waals surface area contributed by atoms with Crippen LogP contribution in [0, 0.1) is 11.3 Å². The number of nitrogens with one attached hydrogen (secondary N) is 3. The molecule has 0 bridgehead atoms. The number of aliphatic hydroxyl groups is 3. The van der Waals surface area contributed by atoms with Crippen LogP contribution in [0.3, 0.4) is 0 Å². The summed E-state index contributed by atoms with van der Waals surface area (Å²) in [6.45, 7) is -0.479. The lowest BCUT2D eigenvalue weighted by Crippen LogP contribution is -2.57. The van der Waals surface area contributed by atoms with E-state index in [-0.39, 0.29) is 23.5 Å². The second-order valence-corrected chi connectivity index (χ2v) is 8.96. The number of para-hydroxylation sites is 1. The molecule has 0 aromatic heterocycles. The lowest BCUT2D eigenvalue weighted by molar-refractivity contribution is -0.0513. The highest BCUT2D eigenvalue weighted by molar-refractivity contribution is 6.26. The zero-order valence-corrected chi connectivity index (χ0v) is 19.2. The van der Waals surface area contributed by atoms with Gasteiger partial charge in [0.05, 0.1) is 12.9 Å². The van der Waals surface area contributed by atoms with E-state index in [4.69, 9.17) is 10.1 Å². The van der Waals surface area contributed by atoms with Crippen molar-refractivity contribution >= 4 is 35.7 Å². The zero-order chi connectivity index (χ0) is 25.3. The van der Waals surface area contributed by atoms with Gasteiger partial charge in [-0.25, -0.2) is 10.2 Å². The van der Waals surface area contributed by atoms with Crippen LogP contribution in [0.1, 0.15) is 25.7 Å². The Morgan fingerprint density at radius 3 is 2.64 bits per heavy atom. The molecule has 1 aromatic rings. The van der Waals surface area contributed by atoms with Crippen molar-refractivity contribution in [3.8, 4) is 0 Å². The third-order valence-corrected chi connectivity index (χ3v) is 6.81. The normalized spacial score (nSPS) is 32.1. The maximum absolute atomic E-state index is 12.1. The molecule has 1 saturated carbocycles. The monoisotopic (exact) mass is 497 g/mol. The van der Waals surface area contributed by atoms with Gasteiger partial charge in [0.1, 0.15) is 18.3 Å². The Bertz CT molecular complexity index is 1130. The van der Waals surface area contributed by atoms with Crippen LogP contribution in [0.2, 0.25) is 0 Å². The van der Waals surface area contributed by atoms with E-state index in [0.717, 1.165) is 25.7 Å². The van der Waals surface area contributed by atoms with Crippen molar-refractivity contribution in [1.82, 2.24) is 10.3 Å². The Morgan fingerprint density at radius 1 is 1.19 bits per heavy atom. The van der Waals surface area contributed by atoms with E-state index in [2.05, 4.69) is 36.1 Å². The molecule has 2 amide bonds. The van der Waals surface area contributed by atoms with Gasteiger partial charge in [0, 0.05) is 5.69 Å². The molecule has 14 nitrogen and oxygen atoms in total. The third-order valence-electron chi connectivity index (χ3n) is 6.81. The molecule has 1 unspecified atom stereocenters. The zero-order valence-electron chi connectivity index (χ0n) is 19.2. The number of benzene rings is 1. The van der Waals surface area contributed by atoms with Crippen LogP contribution >= 0.6 is 0 Å². The average Bonchev–Trinajstić information content (AvgIpc) is 3.60. The molecule has 6 N–H and O–H groups in total. The Kier molecular flexibility index (Phi) is 6.57. The molecule has 0 spiro atoms. The van der Waals surface area contributed by atoms with Crippen LogP contribution < -0.4 is 10.7 Å². The quantitative estimate of drug-likeness (QED) is 0.254. The maximum atomic E-state index is 12.1. The van der Waals surface area contributed by atoms with Gasteiger partial charge in [-0.2, -0.15) is 9.98 Å². The van der Waals surface area contributed by atoms with E-state index < -0.39 is 42.7 Å². The fraction of sp³-hybridized carbons (Fsp3) is 0.500. The Labute approximate surface area is 206 Å². The Balaban J connectivity index is 1.38. The first-order chi connectivity index (χ1) is 17.4. The van der Waals surface area contributed by atoms with Crippen LogP contribution in [0.5, 0.6) is 0 Å². The van der Waals surface area contributed by atoms with Crippen LogP contribution in [-0.2, 0) is 4.74 Å². The number of aliphatic imine (C=N–C) groups is 3. The molecule has 1 aliphatic carbocycles. The van der Waals surface area contributed by atoms with Gasteiger partial charge in [-0.3, -0.25) is 15.3 Å². The van der Waals surface area contributed by atoms with Crippen LogP contribution in [0.25, 0.3) is 0 Å². The molecular weight excluding hydrogens is 470 g/mol. The molecule has 14 heteroatoms. The number of amidine groups is 2. The van der Waals surface area contributed by atoms with Gasteiger partial charge < -0.3 is 25.4 Å². The SMILES string of the molecule is N=C1N=C(N=NNC(=O)Nc2ccccc2)N=C2N([C@@H]3O[C@H](CO)[C@@H](O)[C@H]3O)C=NC12C1CCCC1. The number of urea groups is 1. The molecule has 1 aromatic carbocycles. The van der Waals surface area contributed by atoms with Gasteiger partial charge in [0.15, 0.2) is 23.4 Å². The van der Waals surface area contributed by atoms with Gasteiger partial charge >= 0.3 is 6.03 Å². The van der Waals surface area contributed by atoms with E-state index in [1.165, 1.54) is 11.2 Å². The highest BCUT2D eigenvalue weighted by Gasteiger charge is 2.58. The first-order valence-corrected chi connectivity index (χ1v) is 11.7. The van der Waals surface area contributed by atoms with Crippen molar-refractivity contribution in [2.45, 2.75) is 55.8 Å². The van der Waals surface area contributed by atoms with E-state index >= 15 is 0 Å².